The molecular formula is C15H21N3OS. The summed E-state index contributed by atoms with van der Waals surface area (Å²) in [5.41, 5.74) is 7.62. The Morgan fingerprint density at radius 1 is 1.35 bits per heavy atom. The summed E-state index contributed by atoms with van der Waals surface area (Å²) in [7, 11) is 0. The number of nitrogens with one attached hydrogen (secondary N) is 1. The summed E-state index contributed by atoms with van der Waals surface area (Å²) in [4.78, 5) is 2.41. The summed E-state index contributed by atoms with van der Waals surface area (Å²) < 4.78 is 1.15. The average Bonchev–Trinajstić information content (AvgIpc) is 2.89. The fraction of sp³-hybridized carbons (Fsp3) is 0.467. The molecule has 0 radical (unpaired) electrons. The second-order valence-electron chi connectivity index (χ2n) is 5.34. The number of fused-ring (bicyclic) bond motifs is 1. The monoisotopic (exact) mass is 291 g/mol. The van der Waals surface area contributed by atoms with Crippen molar-refractivity contribution >= 4 is 27.1 Å². The summed E-state index contributed by atoms with van der Waals surface area (Å²) >= 11 is 1.65. The van der Waals surface area contributed by atoms with E-state index in [1.807, 2.05) is 18.2 Å². The molecule has 0 aliphatic carbocycles. The van der Waals surface area contributed by atoms with Crippen LogP contribution >= 0.6 is 11.3 Å². The molecule has 20 heavy (non-hydrogen) atoms. The van der Waals surface area contributed by atoms with E-state index in [9.17, 15) is 5.11 Å². The zero-order valence-corrected chi connectivity index (χ0v) is 12.3. The van der Waals surface area contributed by atoms with Crippen LogP contribution in [0, 0.1) is 0 Å². The van der Waals surface area contributed by atoms with Crippen LogP contribution < -0.4 is 11.1 Å². The van der Waals surface area contributed by atoms with Crippen molar-refractivity contribution in [2.75, 3.05) is 38.5 Å². The van der Waals surface area contributed by atoms with E-state index in [2.05, 4.69) is 15.6 Å². The number of aliphatic hydroxyl groups is 1. The third kappa shape index (κ3) is 2.96. The largest absolute Gasteiger partial charge is 0.399 e. The van der Waals surface area contributed by atoms with Crippen LogP contribution in [0.4, 0.5) is 5.69 Å². The van der Waals surface area contributed by atoms with Crippen LogP contribution in [0.15, 0.2) is 23.6 Å². The number of hydrogen-bond acceptors (Lipinski definition) is 5. The zero-order chi connectivity index (χ0) is 13.9. The predicted molar refractivity (Wildman–Crippen MR) is 85.1 cm³/mol. The van der Waals surface area contributed by atoms with E-state index < -0.39 is 0 Å². The van der Waals surface area contributed by atoms with Crippen molar-refractivity contribution in [1.29, 1.82) is 0 Å². The van der Waals surface area contributed by atoms with Crippen LogP contribution in [0.1, 0.15) is 18.1 Å². The van der Waals surface area contributed by atoms with Gasteiger partial charge < -0.3 is 21.1 Å². The lowest BCUT2D eigenvalue weighted by Gasteiger charge is -2.27. The van der Waals surface area contributed by atoms with Gasteiger partial charge in [-0.15, -0.1) is 11.3 Å². The Balaban J connectivity index is 1.67. The van der Waals surface area contributed by atoms with Crippen molar-refractivity contribution in [3.63, 3.8) is 0 Å². The topological polar surface area (TPSA) is 61.5 Å². The Labute approximate surface area is 123 Å². The molecule has 2 heterocycles. The third-order valence-electron chi connectivity index (χ3n) is 3.92. The fourth-order valence-corrected chi connectivity index (χ4v) is 3.77. The predicted octanol–water partition coefficient (Wildman–Crippen LogP) is 1.81. The number of hydrogen-bond donors (Lipinski definition) is 3. The first-order valence-electron chi connectivity index (χ1n) is 7.12. The number of anilines is 1. The molecule has 1 unspecified atom stereocenters. The van der Waals surface area contributed by atoms with E-state index >= 15 is 0 Å². The van der Waals surface area contributed by atoms with Crippen LogP contribution in [0.25, 0.3) is 10.1 Å². The highest BCUT2D eigenvalue weighted by molar-refractivity contribution is 7.17. The normalized spacial score (nSPS) is 18.4. The summed E-state index contributed by atoms with van der Waals surface area (Å²) in [5, 5.41) is 17.0. The number of benzene rings is 1. The van der Waals surface area contributed by atoms with Gasteiger partial charge in [0.15, 0.2) is 0 Å². The number of nitrogen functional groups attached to an aromatic ring is 1. The van der Waals surface area contributed by atoms with E-state index in [0.29, 0.717) is 0 Å². The smallest absolute Gasteiger partial charge is 0.0816 e. The van der Waals surface area contributed by atoms with Gasteiger partial charge >= 0.3 is 0 Å². The number of piperazine rings is 1. The highest BCUT2D eigenvalue weighted by Crippen LogP contribution is 2.33. The first-order valence-corrected chi connectivity index (χ1v) is 8.00. The molecule has 4 N–H and O–H groups in total. The molecule has 1 atom stereocenters. The maximum absolute atomic E-state index is 10.4. The van der Waals surface area contributed by atoms with Crippen molar-refractivity contribution in [2.45, 2.75) is 12.5 Å². The SMILES string of the molecule is Nc1ccc2c(C(O)CCN3CCNCC3)csc2c1. The van der Waals surface area contributed by atoms with Crippen molar-refractivity contribution in [3.05, 3.63) is 29.1 Å². The van der Waals surface area contributed by atoms with E-state index in [-0.39, 0.29) is 6.10 Å². The third-order valence-corrected chi connectivity index (χ3v) is 4.88. The van der Waals surface area contributed by atoms with Gasteiger partial charge in [0.2, 0.25) is 0 Å². The molecule has 5 heteroatoms. The van der Waals surface area contributed by atoms with Gasteiger partial charge in [0.05, 0.1) is 6.10 Å². The average molecular weight is 291 g/mol. The number of thiophene rings is 1. The lowest BCUT2D eigenvalue weighted by molar-refractivity contribution is 0.138. The second kappa shape index (κ2) is 6.10. The molecule has 0 amide bonds. The summed E-state index contributed by atoms with van der Waals surface area (Å²) in [6.07, 6.45) is 0.401. The molecule has 0 bridgehead atoms. The first kappa shape index (κ1) is 13.8. The molecule has 1 aromatic heterocycles. The molecule has 1 aromatic carbocycles. The van der Waals surface area contributed by atoms with Gasteiger partial charge in [-0.05, 0) is 34.9 Å². The maximum Gasteiger partial charge on any atom is 0.0816 e. The van der Waals surface area contributed by atoms with E-state index in [1.54, 1.807) is 11.3 Å². The van der Waals surface area contributed by atoms with Gasteiger partial charge in [-0.2, -0.15) is 0 Å². The molecule has 1 fully saturated rings. The van der Waals surface area contributed by atoms with Crippen molar-refractivity contribution < 1.29 is 5.11 Å². The van der Waals surface area contributed by atoms with Gasteiger partial charge in [0.1, 0.15) is 0 Å². The number of rotatable bonds is 4. The quantitative estimate of drug-likeness (QED) is 0.752. The summed E-state index contributed by atoms with van der Waals surface area (Å²) in [5.74, 6) is 0. The Hall–Kier alpha value is -1.14. The van der Waals surface area contributed by atoms with Crippen molar-refractivity contribution in [1.82, 2.24) is 10.2 Å². The molecule has 0 saturated carbocycles. The van der Waals surface area contributed by atoms with Gasteiger partial charge in [-0.25, -0.2) is 0 Å². The second-order valence-corrected chi connectivity index (χ2v) is 6.25. The Morgan fingerprint density at radius 2 is 2.15 bits per heavy atom. The molecule has 1 aliphatic rings. The standard InChI is InChI=1S/C15H21N3OS/c16-11-1-2-12-13(10-20-15(12)9-11)14(19)3-6-18-7-4-17-5-8-18/h1-2,9-10,14,17,19H,3-8,16H2. The van der Waals surface area contributed by atoms with Crippen molar-refractivity contribution in [3.8, 4) is 0 Å². The Kier molecular flexibility index (Phi) is 4.21. The number of nitrogens with two attached hydrogens (primary N) is 1. The maximum atomic E-state index is 10.4. The molecule has 108 valence electrons. The number of nitrogens with zero attached hydrogens (tertiary/aromatic N) is 1. The van der Waals surface area contributed by atoms with Gasteiger partial charge in [0.25, 0.3) is 0 Å². The van der Waals surface area contributed by atoms with Crippen molar-refractivity contribution in [2.24, 2.45) is 0 Å². The lowest BCUT2D eigenvalue weighted by Crippen LogP contribution is -2.44. The molecule has 2 aromatic rings. The minimum Gasteiger partial charge on any atom is -0.399 e. The van der Waals surface area contributed by atoms with E-state index in [1.165, 1.54) is 0 Å². The summed E-state index contributed by atoms with van der Waals surface area (Å²) in [6.45, 7) is 5.21. The van der Waals surface area contributed by atoms with Gasteiger partial charge in [-0.1, -0.05) is 6.07 Å². The van der Waals surface area contributed by atoms with Crippen LogP contribution in [-0.4, -0.2) is 42.7 Å². The lowest BCUT2D eigenvalue weighted by atomic mass is 10.0. The zero-order valence-electron chi connectivity index (χ0n) is 11.5. The first-order chi connectivity index (χ1) is 9.74. The Morgan fingerprint density at radius 3 is 2.95 bits per heavy atom. The van der Waals surface area contributed by atoms with Gasteiger partial charge in [-0.3, -0.25) is 0 Å². The Bertz CT molecular complexity index is 578. The molecule has 3 rings (SSSR count). The van der Waals surface area contributed by atoms with Crippen LogP contribution in [-0.2, 0) is 0 Å². The minimum absolute atomic E-state index is 0.387. The van der Waals surface area contributed by atoms with E-state index in [4.69, 9.17) is 5.73 Å². The molecule has 1 saturated heterocycles. The molecule has 1 aliphatic heterocycles. The van der Waals surface area contributed by atoms with Crippen LogP contribution in [0.3, 0.4) is 0 Å². The van der Waals surface area contributed by atoms with E-state index in [0.717, 1.165) is 60.5 Å². The fourth-order valence-electron chi connectivity index (χ4n) is 2.72. The molecule has 4 nitrogen and oxygen atoms in total. The minimum atomic E-state index is -0.387. The highest BCUT2D eigenvalue weighted by atomic mass is 32.1. The number of aliphatic hydroxyl groups excluding tert-OH is 1. The van der Waals surface area contributed by atoms with Crippen LogP contribution in [0.5, 0.6) is 0 Å². The molecular weight excluding hydrogens is 270 g/mol. The summed E-state index contributed by atoms with van der Waals surface area (Å²) in [6, 6.07) is 5.90. The van der Waals surface area contributed by atoms with Crippen LogP contribution in [0.2, 0.25) is 0 Å². The highest BCUT2D eigenvalue weighted by Gasteiger charge is 2.16. The molecule has 0 spiro atoms. The van der Waals surface area contributed by atoms with Gasteiger partial charge in [0, 0.05) is 43.1 Å².